The summed E-state index contributed by atoms with van der Waals surface area (Å²) in [6.07, 6.45) is -1.17. The first-order chi connectivity index (χ1) is 23.4. The normalized spacial score (nSPS) is 31.2. The van der Waals surface area contributed by atoms with Gasteiger partial charge >= 0.3 is 30.3 Å². The summed E-state index contributed by atoms with van der Waals surface area (Å²) in [7, 11) is 0. The minimum Gasteiger partial charge on any atom is -0.466 e. The number of ether oxygens (including phenoxy) is 2. The number of alkyl halides is 6. The van der Waals surface area contributed by atoms with E-state index in [1.54, 1.807) is 52.4 Å². The number of hydrogen-bond acceptors (Lipinski definition) is 6. The molecule has 0 amide bonds. The molecule has 0 spiro atoms. The van der Waals surface area contributed by atoms with E-state index in [2.05, 4.69) is 42.0 Å². The second-order valence-corrected chi connectivity index (χ2v) is 16.6. The third-order valence-electron chi connectivity index (χ3n) is 12.9. The molecule has 6 bridgehead atoms. The second-order valence-electron chi connectivity index (χ2n) is 16.6. The number of carbonyl (C=O) groups excluding carboxylic acids is 3. The van der Waals surface area contributed by atoms with Crippen molar-refractivity contribution in [3.63, 3.8) is 0 Å². The van der Waals surface area contributed by atoms with Crippen molar-refractivity contribution >= 4 is 55.1 Å². The van der Waals surface area contributed by atoms with Crippen molar-refractivity contribution in [2.45, 2.75) is 182 Å². The lowest BCUT2D eigenvalue weighted by molar-refractivity contribution is -0.373. The molecular weight excluding hydrogens is 980 g/mol. The summed E-state index contributed by atoms with van der Waals surface area (Å²) < 4.78 is 85.4. The Hall–Kier alpha value is -0.390. The average molecular weight is 1060 g/mol. The van der Waals surface area contributed by atoms with Gasteiger partial charge in [0.2, 0.25) is 0 Å². The fourth-order valence-corrected chi connectivity index (χ4v) is 9.25. The molecule has 7 fully saturated rings. The Morgan fingerprint density at radius 3 is 1.26 bits per heavy atom. The summed E-state index contributed by atoms with van der Waals surface area (Å²) in [5.74, 6) is 3.09. The van der Waals surface area contributed by atoms with Gasteiger partial charge in [0.25, 0.3) is 5.60 Å². The molecule has 0 aromatic heterocycles. The van der Waals surface area contributed by atoms with Gasteiger partial charge in [0.15, 0.2) is 0 Å². The van der Waals surface area contributed by atoms with Crippen LogP contribution in [-0.4, -0.2) is 47.6 Å². The lowest BCUT2D eigenvalue weighted by Crippen LogP contribution is -2.58. The van der Waals surface area contributed by atoms with Gasteiger partial charge in [-0.1, -0.05) is 79.2 Å². The van der Waals surface area contributed by atoms with E-state index in [0.29, 0.717) is 25.4 Å². The highest BCUT2D eigenvalue weighted by Crippen LogP contribution is 2.59. The van der Waals surface area contributed by atoms with E-state index in [4.69, 9.17) is 4.74 Å². The van der Waals surface area contributed by atoms with E-state index in [0.717, 1.165) is 6.42 Å². The number of halogens is 8. The first-order valence-corrected chi connectivity index (χ1v) is 24.7. The standard InChI is InChI=1S/C13H18F6O.C10H16.C8H16O2.C6H8O3.6CH4.I2/c1-6-7(2)10-4-8(6)3-9(10)5-11(20,12(14,15)16)13(17,18)19;1-7-2-9-4-8(1)5-10(3-7)6-9;1-5-8(3,4)7(9)10-6-2;1-3-4(2)6(8)9-5(3)7;;;;;;;1-2/h6-10,20H,3-5H2,1-2H3;7-10H,1-6H2;5-6H2,1-4H3;3-4H,1-2H3;6*1H4;. The molecule has 0 aromatic carbocycles. The van der Waals surface area contributed by atoms with Gasteiger partial charge in [-0.2, -0.15) is 26.3 Å². The molecule has 1 heterocycles. The predicted octanol–water partition coefficient (Wildman–Crippen LogP) is 14.9. The molecule has 7 atom stereocenters. The van der Waals surface area contributed by atoms with Crippen molar-refractivity contribution < 1.29 is 55.3 Å². The zero-order valence-corrected chi connectivity index (χ0v) is 35.5. The number of rotatable bonds is 5. The summed E-state index contributed by atoms with van der Waals surface area (Å²) in [5, 5.41) is 9.28. The smallest absolute Gasteiger partial charge is 0.426 e. The SMILES string of the molecule is C.C.C.C.C.C.C1C2CC3CC1CC(C2)C3.CC1C(=O)OC(=O)C1C.CC1C2CC(CC(O)(C(F)(F)F)C(F)(F)F)C(C2)C1C.CCOC(=O)C(C)(C)CC.II. The molecule has 1 N–H and O–H groups in total. The maximum absolute atomic E-state index is 12.7. The van der Waals surface area contributed by atoms with Crippen molar-refractivity contribution in [1.29, 1.82) is 0 Å². The molecule has 6 aliphatic carbocycles. The van der Waals surface area contributed by atoms with E-state index < -0.39 is 42.2 Å². The number of hydrogen-bond donors (Lipinski definition) is 1. The zero-order chi connectivity index (χ0) is 39.3. The first kappa shape index (κ1) is 65.7. The molecule has 1 aliphatic heterocycles. The van der Waals surface area contributed by atoms with Gasteiger partial charge in [-0.25, -0.2) is 0 Å². The molecular formula is C43H82F6I2O6. The maximum Gasteiger partial charge on any atom is 0.426 e. The number of fused-ring (bicyclic) bond motifs is 2. The van der Waals surface area contributed by atoms with Crippen LogP contribution >= 0.6 is 37.2 Å². The molecule has 346 valence electrons. The summed E-state index contributed by atoms with van der Waals surface area (Å²) in [6.45, 7) is 15.3. The lowest BCUT2D eigenvalue weighted by Gasteiger charge is -2.49. The highest BCUT2D eigenvalue weighted by molar-refractivity contribution is 15.0. The quantitative estimate of drug-likeness (QED) is 0.128. The van der Waals surface area contributed by atoms with Crippen LogP contribution in [0.15, 0.2) is 0 Å². The first-order valence-electron chi connectivity index (χ1n) is 18.4. The van der Waals surface area contributed by atoms with Crippen molar-refractivity contribution in [3.8, 4) is 0 Å². The summed E-state index contributed by atoms with van der Waals surface area (Å²) in [4.78, 5) is 32.2. The highest BCUT2D eigenvalue weighted by atomic mass is 128. The number of cyclic esters (lactones) is 2. The molecule has 1 saturated heterocycles. The zero-order valence-electron chi connectivity index (χ0n) is 31.1. The summed E-state index contributed by atoms with van der Waals surface area (Å²) in [5.41, 5.74) is -4.89. The van der Waals surface area contributed by atoms with Crippen LogP contribution in [0.3, 0.4) is 0 Å². The van der Waals surface area contributed by atoms with Crippen molar-refractivity contribution in [2.75, 3.05) is 6.61 Å². The number of carbonyl (C=O) groups is 3. The van der Waals surface area contributed by atoms with Gasteiger partial charge in [0, 0.05) is 37.2 Å². The Balaban J connectivity index is -0.000000211. The molecule has 14 heteroatoms. The fraction of sp³-hybridized carbons (Fsp3) is 0.930. The molecule has 7 rings (SSSR count). The summed E-state index contributed by atoms with van der Waals surface area (Å²) in [6, 6.07) is 0. The van der Waals surface area contributed by atoms with E-state index >= 15 is 0 Å². The minimum atomic E-state index is -5.69. The molecule has 7 aliphatic rings. The van der Waals surface area contributed by atoms with Crippen LogP contribution in [0.25, 0.3) is 0 Å². The van der Waals surface area contributed by atoms with Gasteiger partial charge in [-0.05, 0) is 138 Å². The van der Waals surface area contributed by atoms with Gasteiger partial charge in [-0.3, -0.25) is 14.4 Å². The molecule has 57 heavy (non-hydrogen) atoms. The highest BCUT2D eigenvalue weighted by Gasteiger charge is 2.71. The van der Waals surface area contributed by atoms with Crippen LogP contribution in [0.4, 0.5) is 26.3 Å². The van der Waals surface area contributed by atoms with Crippen LogP contribution < -0.4 is 0 Å². The van der Waals surface area contributed by atoms with Crippen molar-refractivity contribution in [3.05, 3.63) is 0 Å². The second kappa shape index (κ2) is 26.8. The van der Waals surface area contributed by atoms with Crippen LogP contribution in [0, 0.1) is 70.5 Å². The monoisotopic (exact) mass is 1060 g/mol. The van der Waals surface area contributed by atoms with Gasteiger partial charge in [0.05, 0.1) is 23.9 Å². The van der Waals surface area contributed by atoms with E-state index in [1.165, 1.54) is 23.7 Å². The van der Waals surface area contributed by atoms with Crippen LogP contribution in [0.2, 0.25) is 0 Å². The van der Waals surface area contributed by atoms with E-state index in [1.807, 2.05) is 41.5 Å². The van der Waals surface area contributed by atoms with Crippen molar-refractivity contribution in [2.24, 2.45) is 70.5 Å². The Kier molecular flexibility index (Phi) is 30.9. The Bertz CT molecular complexity index is 1070. The van der Waals surface area contributed by atoms with E-state index in [9.17, 15) is 45.8 Å². The molecule has 7 unspecified atom stereocenters. The van der Waals surface area contributed by atoms with Gasteiger partial charge in [0.1, 0.15) is 0 Å². The van der Waals surface area contributed by atoms with Gasteiger partial charge in [-0.15, -0.1) is 0 Å². The minimum absolute atomic E-state index is 0. The largest absolute Gasteiger partial charge is 0.466 e. The van der Waals surface area contributed by atoms with Crippen molar-refractivity contribution in [1.82, 2.24) is 0 Å². The molecule has 6 saturated carbocycles. The molecule has 0 radical (unpaired) electrons. The molecule has 6 nitrogen and oxygen atoms in total. The van der Waals surface area contributed by atoms with E-state index in [-0.39, 0.29) is 85.5 Å². The third kappa shape index (κ3) is 16.4. The summed E-state index contributed by atoms with van der Waals surface area (Å²) >= 11 is 4.24. The third-order valence-corrected chi connectivity index (χ3v) is 12.9. The Labute approximate surface area is 367 Å². The topological polar surface area (TPSA) is 89.9 Å². The Morgan fingerprint density at radius 2 is 1.04 bits per heavy atom. The van der Waals surface area contributed by atoms with Crippen LogP contribution in [0.1, 0.15) is 164 Å². The number of aliphatic hydroxyl groups is 1. The van der Waals surface area contributed by atoms with Gasteiger partial charge < -0.3 is 14.6 Å². The van der Waals surface area contributed by atoms with Crippen LogP contribution in [0.5, 0.6) is 0 Å². The fourth-order valence-electron chi connectivity index (χ4n) is 9.25. The van der Waals surface area contributed by atoms with Crippen LogP contribution in [-0.2, 0) is 23.9 Å². The maximum atomic E-state index is 12.7. The Morgan fingerprint density at radius 1 is 0.684 bits per heavy atom. The average Bonchev–Trinajstić information content (AvgIpc) is 3.65. The predicted molar refractivity (Wildman–Crippen MR) is 240 cm³/mol. The lowest BCUT2D eigenvalue weighted by atomic mass is 9.56. The number of esters is 3. The molecule has 0 aromatic rings.